The molecule has 20 heteroatoms. The van der Waals surface area contributed by atoms with Crippen LogP contribution in [0.5, 0.6) is 46.0 Å². The van der Waals surface area contributed by atoms with E-state index in [1.54, 1.807) is 263 Å². The van der Waals surface area contributed by atoms with Crippen molar-refractivity contribution in [2.24, 2.45) is 43.3 Å². The summed E-state index contributed by atoms with van der Waals surface area (Å²) in [6, 6.07) is 26.0. The Kier molecular flexibility index (Phi) is 20.9. The molecule has 2 aliphatic rings. The molecule has 7 aromatic rings. The number of hydrogen-bond acceptors (Lipinski definition) is 18. The number of ether oxygens (including phenoxy) is 8. The van der Waals surface area contributed by atoms with Crippen LogP contribution in [0.2, 0.25) is 0 Å². The minimum atomic E-state index is -1.05. The van der Waals surface area contributed by atoms with E-state index in [1.165, 1.54) is 24.3 Å². The number of carbonyl (C=O) groups is 8. The van der Waals surface area contributed by atoms with Crippen molar-refractivity contribution >= 4 is 94.1 Å². The maximum absolute atomic E-state index is 14.3. The van der Waals surface area contributed by atoms with Crippen molar-refractivity contribution in [2.45, 2.75) is 166 Å². The summed E-state index contributed by atoms with van der Waals surface area (Å²) >= 11 is 0. The number of aromatic nitrogens is 4. The maximum Gasteiger partial charge on any atom is 0.316 e. The van der Waals surface area contributed by atoms with E-state index < -0.39 is 91.1 Å². The van der Waals surface area contributed by atoms with Gasteiger partial charge in [0.15, 0.2) is 0 Å². The standard InChI is InChI=1S/C84H94N4O16/c1-77(2,3)69(89)97-45-25-29-49(61(41-45)101-73(93)81(13,14)15)65-53-33-35-55(85-53)66(50-30-26-46(98-70(90)78(4,5)6)42-62(50)102-74(94)82(16,17)18)57-37-39-59(87-57)68(52-32-28-48(100-72(92)80(10,11)12)44-64(52)104-76(96)84(22,23)24)60-40-38-58(88-60)67(56-36-34-54(65)86-56)51-31-27-47(99-71(91)79(7,8)9)43-63(51)103-75(95)83(19,20)21/h25-44,85,88H,1-24H3. The predicted molar refractivity (Wildman–Crippen MR) is 401 cm³/mol. The summed E-state index contributed by atoms with van der Waals surface area (Å²) in [5.74, 6) is -4.45. The van der Waals surface area contributed by atoms with Gasteiger partial charge in [0.05, 0.1) is 66.1 Å². The molecule has 0 unspecified atom stereocenters. The molecule has 0 radical (unpaired) electrons. The molecule has 2 aliphatic heterocycles. The summed E-state index contributed by atoms with van der Waals surface area (Å²) in [5.41, 5.74) is -2.74. The molecule has 0 saturated heterocycles. The van der Waals surface area contributed by atoms with Crippen molar-refractivity contribution in [3.8, 4) is 90.5 Å². The highest BCUT2D eigenvalue weighted by Gasteiger charge is 2.35. The second-order valence-corrected chi connectivity index (χ2v) is 34.3. The Morgan fingerprint density at radius 2 is 0.404 bits per heavy atom. The summed E-state index contributed by atoms with van der Waals surface area (Å²) < 4.78 is 49.4. The van der Waals surface area contributed by atoms with Gasteiger partial charge in [-0.05, 0) is 263 Å². The molecule has 0 atom stereocenters. The van der Waals surface area contributed by atoms with Crippen LogP contribution in [0.25, 0.3) is 90.9 Å². The molecular formula is C84H94N4O16. The van der Waals surface area contributed by atoms with Gasteiger partial charge in [0, 0.05) is 90.8 Å². The first-order valence-corrected chi connectivity index (χ1v) is 34.4. The van der Waals surface area contributed by atoms with Crippen molar-refractivity contribution in [2.75, 3.05) is 0 Å². The van der Waals surface area contributed by atoms with Gasteiger partial charge >= 0.3 is 47.8 Å². The first-order chi connectivity index (χ1) is 47.9. The van der Waals surface area contributed by atoms with Gasteiger partial charge in [-0.15, -0.1) is 0 Å². The van der Waals surface area contributed by atoms with E-state index >= 15 is 0 Å². The molecular weight excluding hydrogens is 1320 g/mol. The minimum absolute atomic E-state index is 0.0106. The number of benzene rings is 4. The van der Waals surface area contributed by atoms with Crippen LogP contribution in [0.1, 0.15) is 189 Å². The summed E-state index contributed by atoms with van der Waals surface area (Å²) in [5, 5.41) is 0. The molecule has 9 rings (SSSR count). The van der Waals surface area contributed by atoms with Gasteiger partial charge in [0.2, 0.25) is 0 Å². The van der Waals surface area contributed by atoms with Gasteiger partial charge in [-0.2, -0.15) is 0 Å². The van der Waals surface area contributed by atoms with Gasteiger partial charge in [0.1, 0.15) is 46.0 Å². The van der Waals surface area contributed by atoms with Gasteiger partial charge in [-0.3, -0.25) is 38.4 Å². The first kappa shape index (κ1) is 77.4. The highest BCUT2D eigenvalue weighted by molar-refractivity contribution is 6.03. The average Bonchev–Trinajstić information content (AvgIpc) is 1.58. The number of rotatable bonds is 12. The summed E-state index contributed by atoms with van der Waals surface area (Å²) in [6.45, 7) is 41.0. The van der Waals surface area contributed by atoms with Gasteiger partial charge < -0.3 is 47.9 Å². The zero-order valence-corrected chi connectivity index (χ0v) is 64.0. The zero-order chi connectivity index (χ0) is 77.1. The van der Waals surface area contributed by atoms with E-state index in [0.29, 0.717) is 66.6 Å². The predicted octanol–water partition coefficient (Wildman–Crippen LogP) is 18.9. The fourth-order valence-electron chi connectivity index (χ4n) is 9.82. The third-order valence-electron chi connectivity index (χ3n) is 16.2. The number of H-pyrrole nitrogens is 2. The topological polar surface area (TPSA) is 268 Å². The first-order valence-electron chi connectivity index (χ1n) is 34.4. The molecule has 0 aliphatic carbocycles. The van der Waals surface area contributed by atoms with Crippen LogP contribution in [-0.2, 0) is 38.4 Å². The molecule has 3 aromatic heterocycles. The van der Waals surface area contributed by atoms with E-state index in [1.807, 2.05) is 0 Å². The Bertz CT molecular complexity index is 4320. The second-order valence-electron chi connectivity index (χ2n) is 34.3. The van der Waals surface area contributed by atoms with Crippen LogP contribution in [0.3, 0.4) is 0 Å². The molecule has 546 valence electrons. The summed E-state index contributed by atoms with van der Waals surface area (Å²) in [6.07, 6.45) is 7.03. The Labute approximate surface area is 607 Å². The third-order valence-corrected chi connectivity index (χ3v) is 16.2. The molecule has 4 aromatic carbocycles. The number of nitrogens with zero attached hydrogens (tertiary/aromatic N) is 2. The lowest BCUT2D eigenvalue weighted by Crippen LogP contribution is -2.26. The Morgan fingerprint density at radius 3 is 0.567 bits per heavy atom. The van der Waals surface area contributed by atoms with Crippen LogP contribution in [-0.4, -0.2) is 67.7 Å². The lowest BCUT2D eigenvalue weighted by atomic mass is 9.96. The van der Waals surface area contributed by atoms with Crippen molar-refractivity contribution in [3.05, 3.63) is 120 Å². The number of carbonyl (C=O) groups excluding carboxylic acids is 8. The van der Waals surface area contributed by atoms with E-state index in [-0.39, 0.29) is 68.8 Å². The van der Waals surface area contributed by atoms with Gasteiger partial charge in [-0.25, -0.2) is 9.97 Å². The van der Waals surface area contributed by atoms with Crippen LogP contribution in [0.4, 0.5) is 0 Å². The number of hydrogen-bond donors (Lipinski definition) is 2. The summed E-state index contributed by atoms with van der Waals surface area (Å²) in [4.78, 5) is 130. The smallest absolute Gasteiger partial charge is 0.316 e. The third kappa shape index (κ3) is 17.6. The van der Waals surface area contributed by atoms with E-state index in [9.17, 15) is 38.4 Å². The largest absolute Gasteiger partial charge is 0.426 e. The number of fused-ring (bicyclic) bond motifs is 8. The summed E-state index contributed by atoms with van der Waals surface area (Å²) in [7, 11) is 0. The highest BCUT2D eigenvalue weighted by atomic mass is 16.6. The van der Waals surface area contributed by atoms with E-state index in [0.717, 1.165) is 0 Å². The monoisotopic (exact) mass is 1410 g/mol. The lowest BCUT2D eigenvalue weighted by molar-refractivity contribution is -0.144. The van der Waals surface area contributed by atoms with Gasteiger partial charge in [-0.1, -0.05) is 0 Å². The Balaban J connectivity index is 1.54. The molecule has 2 N–H and O–H groups in total. The normalized spacial score (nSPS) is 12.8. The van der Waals surface area contributed by atoms with Crippen molar-refractivity contribution in [1.29, 1.82) is 0 Å². The van der Waals surface area contributed by atoms with Gasteiger partial charge in [0.25, 0.3) is 0 Å². The van der Waals surface area contributed by atoms with Crippen molar-refractivity contribution in [1.82, 2.24) is 19.9 Å². The Hall–Kier alpha value is -10.8. The van der Waals surface area contributed by atoms with Crippen LogP contribution in [0, 0.1) is 43.3 Å². The number of esters is 8. The average molecular weight is 1420 g/mol. The number of aromatic amines is 2. The fourth-order valence-corrected chi connectivity index (χ4v) is 9.82. The van der Waals surface area contributed by atoms with Crippen LogP contribution < -0.4 is 37.9 Å². The molecule has 8 bridgehead atoms. The molecule has 5 heterocycles. The maximum atomic E-state index is 14.3. The molecule has 0 saturated carbocycles. The minimum Gasteiger partial charge on any atom is -0.426 e. The van der Waals surface area contributed by atoms with E-state index in [2.05, 4.69) is 9.97 Å². The molecule has 0 amide bonds. The van der Waals surface area contributed by atoms with E-state index in [4.69, 9.17) is 47.9 Å². The van der Waals surface area contributed by atoms with Crippen molar-refractivity contribution < 1.29 is 76.3 Å². The Morgan fingerprint density at radius 1 is 0.240 bits per heavy atom. The van der Waals surface area contributed by atoms with Crippen molar-refractivity contribution in [3.63, 3.8) is 0 Å². The fraction of sp³-hybridized carbons (Fsp3) is 0.381. The molecule has 104 heavy (non-hydrogen) atoms. The van der Waals surface area contributed by atoms with Crippen LogP contribution in [0.15, 0.2) is 97.1 Å². The second kappa shape index (κ2) is 28.1. The molecule has 20 nitrogen and oxygen atoms in total. The lowest BCUT2D eigenvalue weighted by Gasteiger charge is -2.21. The van der Waals surface area contributed by atoms with Crippen LogP contribution >= 0.6 is 0 Å². The zero-order valence-electron chi connectivity index (χ0n) is 64.0. The molecule has 0 fully saturated rings. The SMILES string of the molecule is CC(C)(C)C(=O)Oc1ccc(-c2c3nc(c(-c4ccc(OC(=O)C(C)(C)C)cc4OC(=O)C(C)(C)C)c4ccc([nH]4)c(-c4ccc(OC(=O)C(C)(C)C)cc4OC(=O)C(C)(C)C)c4nc(c(-c5ccc(OC(=O)C(C)(C)C)cc5OC(=O)C(C)(C)C)c5ccc2[nH]5)C=C4)C=C3)c(OC(=O)C(C)(C)C)c1. The molecule has 0 spiro atoms. The number of nitrogens with one attached hydrogen (secondary N) is 2. The highest BCUT2D eigenvalue weighted by Crippen LogP contribution is 2.48. The quantitative estimate of drug-likeness (QED) is 0.0850.